The van der Waals surface area contributed by atoms with Gasteiger partial charge in [-0.05, 0) is 49.6 Å². The van der Waals surface area contributed by atoms with Crippen molar-refractivity contribution in [1.82, 2.24) is 24.7 Å². The fraction of sp³-hybridized carbons (Fsp3) is 0.217. The smallest absolute Gasteiger partial charge is 0.232 e. The number of pyridine rings is 3. The van der Waals surface area contributed by atoms with Gasteiger partial charge in [0.2, 0.25) is 4.21 Å². The first kappa shape index (κ1) is 19.7. The van der Waals surface area contributed by atoms with Crippen molar-refractivity contribution < 1.29 is 4.55 Å². The van der Waals surface area contributed by atoms with E-state index >= 15 is 0 Å². The van der Waals surface area contributed by atoms with Crippen LogP contribution in [0.15, 0.2) is 53.1 Å². The maximum atomic E-state index is 13.2. The molecule has 1 aliphatic carbocycles. The fourth-order valence-corrected chi connectivity index (χ4v) is 7.29. The molecule has 5 aromatic rings. The van der Waals surface area contributed by atoms with Crippen LogP contribution in [0.4, 0.5) is 5.69 Å². The summed E-state index contributed by atoms with van der Waals surface area (Å²) in [7, 11) is 1.90. The monoisotopic (exact) mass is 460 g/mol. The van der Waals surface area contributed by atoms with E-state index in [0.717, 1.165) is 61.6 Å². The Bertz CT molecular complexity index is 1470. The summed E-state index contributed by atoms with van der Waals surface area (Å²) in [4.78, 5) is 14.5. The van der Waals surface area contributed by atoms with Crippen LogP contribution in [0.25, 0.3) is 43.8 Å². The lowest BCUT2D eigenvalue weighted by Crippen LogP contribution is -2.28. The van der Waals surface area contributed by atoms with Crippen LogP contribution >= 0.6 is 11.3 Å². The summed E-state index contributed by atoms with van der Waals surface area (Å²) < 4.78 is 15.7. The van der Waals surface area contributed by atoms with Gasteiger partial charge < -0.3 is 10.3 Å². The number of hydrogen-bond acceptors (Lipinski definition) is 7. The third-order valence-corrected chi connectivity index (χ3v) is 9.35. The highest BCUT2D eigenvalue weighted by atomic mass is 32.2. The summed E-state index contributed by atoms with van der Waals surface area (Å²) in [6.07, 6.45) is 8.40. The van der Waals surface area contributed by atoms with E-state index in [2.05, 4.69) is 15.1 Å². The first-order chi connectivity index (χ1) is 15.6. The average Bonchev–Trinajstić information content (AvgIpc) is 3.34. The van der Waals surface area contributed by atoms with Crippen molar-refractivity contribution in [2.45, 2.75) is 28.7 Å². The van der Waals surface area contributed by atoms with Crippen molar-refractivity contribution in [2.24, 2.45) is 7.05 Å². The molecule has 1 saturated carbocycles. The van der Waals surface area contributed by atoms with E-state index < -0.39 is 11.2 Å². The van der Waals surface area contributed by atoms with Crippen LogP contribution in [0.1, 0.15) is 19.3 Å². The van der Waals surface area contributed by atoms with Gasteiger partial charge in [-0.15, -0.1) is 0 Å². The summed E-state index contributed by atoms with van der Waals surface area (Å²) in [6, 6.07) is 9.91. The molecule has 1 aliphatic rings. The SMILES string of the molecule is Cn1nccc1-c1cc(-c2cnc3ncccc3c2)nc2sc([S@@+]([O-])C3CCC3)c(N)c12. The van der Waals surface area contributed by atoms with Crippen LogP contribution in [-0.2, 0) is 18.2 Å². The summed E-state index contributed by atoms with van der Waals surface area (Å²) in [5.74, 6) is 0. The maximum absolute atomic E-state index is 13.2. The molecule has 0 spiro atoms. The molecule has 0 radical (unpaired) electrons. The lowest BCUT2D eigenvalue weighted by molar-refractivity contribution is 0.478. The highest BCUT2D eigenvalue weighted by molar-refractivity contribution is 7.94. The van der Waals surface area contributed by atoms with E-state index in [9.17, 15) is 4.55 Å². The Morgan fingerprint density at radius 3 is 2.81 bits per heavy atom. The molecule has 0 amide bonds. The molecule has 9 heteroatoms. The van der Waals surface area contributed by atoms with Crippen molar-refractivity contribution in [3.63, 3.8) is 0 Å². The summed E-state index contributed by atoms with van der Waals surface area (Å²) >= 11 is 0.335. The number of nitrogens with zero attached hydrogens (tertiary/aromatic N) is 5. The second kappa shape index (κ2) is 7.54. The molecule has 160 valence electrons. The van der Waals surface area contributed by atoms with Gasteiger partial charge in [0.1, 0.15) is 15.8 Å². The molecule has 32 heavy (non-hydrogen) atoms. The fourth-order valence-electron chi connectivity index (χ4n) is 4.08. The van der Waals surface area contributed by atoms with Crippen LogP contribution in [0.3, 0.4) is 0 Å². The zero-order chi connectivity index (χ0) is 21.8. The molecule has 5 aromatic heterocycles. The molecule has 0 unspecified atom stereocenters. The number of nitrogen functional groups attached to an aromatic ring is 1. The standard InChI is InChI=1S/C23H20N6OS2/c1-29-18(7-9-27-29)16-11-17(14-10-13-4-3-8-25-21(13)26-12-14)28-22-19(16)20(24)23(31-22)32(30)15-5-2-6-15/h3-4,7-12,15H,2,5-6,24H2,1H3/t32-/m0/s1. The second-order valence-corrected chi connectivity index (χ2v) is 10.9. The topological polar surface area (TPSA) is 106 Å². The predicted molar refractivity (Wildman–Crippen MR) is 129 cm³/mol. The van der Waals surface area contributed by atoms with Gasteiger partial charge in [0, 0.05) is 58.7 Å². The van der Waals surface area contributed by atoms with E-state index in [0.29, 0.717) is 11.3 Å². The summed E-state index contributed by atoms with van der Waals surface area (Å²) in [5, 5.41) is 6.34. The number of aryl methyl sites for hydroxylation is 1. The second-order valence-electron chi connectivity index (χ2n) is 8.00. The maximum Gasteiger partial charge on any atom is 0.232 e. The first-order valence-electron chi connectivity index (χ1n) is 10.4. The van der Waals surface area contributed by atoms with Gasteiger partial charge in [0.25, 0.3) is 0 Å². The Kier molecular flexibility index (Phi) is 4.63. The number of aromatic nitrogens is 5. The van der Waals surface area contributed by atoms with Crippen LogP contribution < -0.4 is 5.73 Å². The molecule has 0 aliphatic heterocycles. The predicted octanol–water partition coefficient (Wildman–Crippen LogP) is 4.55. The van der Waals surface area contributed by atoms with Crippen molar-refractivity contribution in [3.05, 3.63) is 48.9 Å². The van der Waals surface area contributed by atoms with Gasteiger partial charge in [0.05, 0.1) is 11.4 Å². The van der Waals surface area contributed by atoms with Gasteiger partial charge in [-0.2, -0.15) is 5.10 Å². The highest BCUT2D eigenvalue weighted by Crippen LogP contribution is 2.45. The van der Waals surface area contributed by atoms with Gasteiger partial charge >= 0.3 is 0 Å². The molecule has 0 aromatic carbocycles. The molecule has 0 bridgehead atoms. The van der Waals surface area contributed by atoms with Crippen molar-refractivity contribution >= 4 is 49.5 Å². The molecular formula is C23H20N6OS2. The lowest BCUT2D eigenvalue weighted by Gasteiger charge is -2.27. The Balaban J connectivity index is 1.59. The normalized spacial score (nSPS) is 15.3. The van der Waals surface area contributed by atoms with E-state index in [1.807, 2.05) is 42.1 Å². The minimum absolute atomic E-state index is 0.196. The van der Waals surface area contributed by atoms with Crippen molar-refractivity contribution in [3.8, 4) is 22.5 Å². The minimum Gasteiger partial charge on any atom is -0.611 e. The van der Waals surface area contributed by atoms with Gasteiger partial charge in [-0.25, -0.2) is 15.0 Å². The summed E-state index contributed by atoms with van der Waals surface area (Å²) in [5.41, 5.74) is 11.4. The highest BCUT2D eigenvalue weighted by Gasteiger charge is 2.35. The van der Waals surface area contributed by atoms with Gasteiger partial charge in [0.15, 0.2) is 5.65 Å². The Morgan fingerprint density at radius 2 is 2.06 bits per heavy atom. The number of rotatable bonds is 4. The number of nitrogens with two attached hydrogens (primary N) is 1. The largest absolute Gasteiger partial charge is 0.611 e. The summed E-state index contributed by atoms with van der Waals surface area (Å²) in [6.45, 7) is 0. The average molecular weight is 461 g/mol. The number of thiophene rings is 1. The van der Waals surface area contributed by atoms with Crippen molar-refractivity contribution in [1.29, 1.82) is 0 Å². The molecule has 0 saturated heterocycles. The Morgan fingerprint density at radius 1 is 1.19 bits per heavy atom. The third kappa shape index (κ3) is 3.08. The lowest BCUT2D eigenvalue weighted by atomic mass is 10.00. The first-order valence-corrected chi connectivity index (χ1v) is 12.5. The van der Waals surface area contributed by atoms with Crippen LogP contribution in [0.5, 0.6) is 0 Å². The molecular weight excluding hydrogens is 440 g/mol. The van der Waals surface area contributed by atoms with Crippen LogP contribution in [0.2, 0.25) is 0 Å². The van der Waals surface area contributed by atoms with E-state index in [1.54, 1.807) is 18.6 Å². The van der Waals surface area contributed by atoms with Crippen molar-refractivity contribution in [2.75, 3.05) is 5.73 Å². The van der Waals surface area contributed by atoms with E-state index in [1.165, 1.54) is 11.3 Å². The zero-order valence-electron chi connectivity index (χ0n) is 17.4. The van der Waals surface area contributed by atoms with Crippen LogP contribution in [-0.4, -0.2) is 34.5 Å². The molecule has 5 heterocycles. The zero-order valence-corrected chi connectivity index (χ0v) is 19.0. The van der Waals surface area contributed by atoms with E-state index in [-0.39, 0.29) is 5.25 Å². The van der Waals surface area contributed by atoms with Gasteiger partial charge in [-0.3, -0.25) is 4.68 Å². The molecule has 1 fully saturated rings. The molecule has 1 atom stereocenters. The Labute approximate surface area is 191 Å². The van der Waals surface area contributed by atoms with Crippen LogP contribution in [0, 0.1) is 0 Å². The number of hydrogen-bond donors (Lipinski definition) is 1. The molecule has 6 rings (SSSR count). The third-order valence-electron chi connectivity index (χ3n) is 6.05. The molecule has 2 N–H and O–H groups in total. The number of anilines is 1. The Hall–Kier alpha value is -3.01. The minimum atomic E-state index is -1.11. The quantitative estimate of drug-likeness (QED) is 0.395. The van der Waals surface area contributed by atoms with E-state index in [4.69, 9.17) is 10.7 Å². The molecule has 7 nitrogen and oxygen atoms in total. The van der Waals surface area contributed by atoms with Gasteiger partial charge in [-0.1, -0.05) is 11.3 Å². The number of fused-ring (bicyclic) bond motifs is 2.